The van der Waals surface area contributed by atoms with Crippen molar-refractivity contribution in [3.8, 4) is 22.8 Å². The third-order valence-corrected chi connectivity index (χ3v) is 3.43. The molecule has 3 aromatic rings. The van der Waals surface area contributed by atoms with Crippen LogP contribution in [-0.2, 0) is 0 Å². The van der Waals surface area contributed by atoms with Gasteiger partial charge in [-0.3, -0.25) is 0 Å². The van der Waals surface area contributed by atoms with Crippen molar-refractivity contribution < 1.29 is 19.1 Å². The van der Waals surface area contributed by atoms with Crippen LogP contribution in [0.5, 0.6) is 11.5 Å². The summed E-state index contributed by atoms with van der Waals surface area (Å²) in [5, 5.41) is 12.8. The lowest BCUT2D eigenvalue weighted by Gasteiger charge is -2.01. The summed E-state index contributed by atoms with van der Waals surface area (Å²) < 4.78 is 16.3. The van der Waals surface area contributed by atoms with Gasteiger partial charge in [0.05, 0.1) is 20.4 Å². The molecule has 0 radical (unpaired) electrons. The van der Waals surface area contributed by atoms with Gasteiger partial charge in [0.2, 0.25) is 0 Å². The molecule has 1 aromatic heterocycles. The van der Waals surface area contributed by atoms with Crippen LogP contribution in [-0.4, -0.2) is 25.6 Å². The molecule has 1 N–H and O–H groups in total. The minimum atomic E-state index is 0.643. The molecule has 5 nitrogen and oxygen atoms in total. The number of nitrogens with zero attached hydrogens (tertiary/aromatic N) is 1. The molecule has 0 aliphatic heterocycles. The number of rotatable bonds is 4. The van der Waals surface area contributed by atoms with E-state index in [9.17, 15) is 0 Å². The average Bonchev–Trinajstić information content (AvgIpc) is 2.99. The number of benzene rings is 2. The molecule has 0 spiro atoms. The molecule has 0 unspecified atom stereocenters. The Bertz CT molecular complexity index is 819. The Hall–Kier alpha value is -2.95. The number of hydrogen-bond acceptors (Lipinski definition) is 5. The molecule has 5 heteroatoms. The molecule has 2 aromatic carbocycles. The Kier molecular flexibility index (Phi) is 3.70. The summed E-state index contributed by atoms with van der Waals surface area (Å²) in [6, 6.07) is 13.2. The predicted octanol–water partition coefficient (Wildman–Crippen LogP) is 3.93. The molecule has 22 heavy (non-hydrogen) atoms. The number of ether oxygens (including phenoxy) is 2. The number of fused-ring (bicyclic) bond motifs is 1. The highest BCUT2D eigenvalue weighted by Crippen LogP contribution is 2.33. The maximum absolute atomic E-state index is 8.80. The van der Waals surface area contributed by atoms with E-state index in [0.29, 0.717) is 16.9 Å². The summed E-state index contributed by atoms with van der Waals surface area (Å²) in [5.41, 5.74) is 2.23. The van der Waals surface area contributed by atoms with Crippen molar-refractivity contribution in [1.29, 1.82) is 0 Å². The fraction of sp³-hybridized carbons (Fsp3) is 0.118. The van der Waals surface area contributed by atoms with Gasteiger partial charge >= 0.3 is 0 Å². The number of hydrogen-bond donors (Lipinski definition) is 1. The lowest BCUT2D eigenvalue weighted by molar-refractivity contribution is 0.322. The fourth-order valence-electron chi connectivity index (χ4n) is 2.33. The van der Waals surface area contributed by atoms with Gasteiger partial charge in [0, 0.05) is 16.5 Å². The number of methoxy groups -OCH3 is 2. The summed E-state index contributed by atoms with van der Waals surface area (Å²) in [6.07, 6.45) is 1.33. The summed E-state index contributed by atoms with van der Waals surface area (Å²) in [4.78, 5) is 0. The van der Waals surface area contributed by atoms with Crippen LogP contribution in [0.4, 0.5) is 0 Å². The van der Waals surface area contributed by atoms with E-state index in [1.807, 2.05) is 36.4 Å². The van der Waals surface area contributed by atoms with Gasteiger partial charge in [-0.25, -0.2) is 0 Å². The van der Waals surface area contributed by atoms with E-state index >= 15 is 0 Å². The van der Waals surface area contributed by atoms with Crippen LogP contribution in [0, 0.1) is 0 Å². The zero-order valence-corrected chi connectivity index (χ0v) is 12.2. The monoisotopic (exact) mass is 297 g/mol. The smallest absolute Gasteiger partial charge is 0.143 e. The first kappa shape index (κ1) is 14.0. The molecule has 3 rings (SSSR count). The van der Waals surface area contributed by atoms with Gasteiger partial charge in [-0.1, -0.05) is 5.16 Å². The van der Waals surface area contributed by atoms with E-state index < -0.39 is 0 Å². The van der Waals surface area contributed by atoms with Crippen LogP contribution in [0.2, 0.25) is 0 Å². The molecule has 0 fully saturated rings. The van der Waals surface area contributed by atoms with Gasteiger partial charge in [-0.05, 0) is 42.5 Å². The second-order valence-electron chi connectivity index (χ2n) is 4.72. The summed E-state index contributed by atoms with van der Waals surface area (Å²) in [5.74, 6) is 2.18. The maximum Gasteiger partial charge on any atom is 0.143 e. The van der Waals surface area contributed by atoms with E-state index in [1.165, 1.54) is 6.21 Å². The zero-order chi connectivity index (χ0) is 15.5. The van der Waals surface area contributed by atoms with E-state index in [0.717, 1.165) is 22.5 Å². The summed E-state index contributed by atoms with van der Waals surface area (Å²) in [6.45, 7) is 0. The van der Waals surface area contributed by atoms with Gasteiger partial charge in [0.1, 0.15) is 22.8 Å². The molecule has 0 saturated carbocycles. The number of furan rings is 1. The van der Waals surface area contributed by atoms with Crippen molar-refractivity contribution in [2.45, 2.75) is 0 Å². The van der Waals surface area contributed by atoms with Crippen LogP contribution < -0.4 is 9.47 Å². The molecule has 0 amide bonds. The van der Waals surface area contributed by atoms with E-state index in [1.54, 1.807) is 20.3 Å². The van der Waals surface area contributed by atoms with E-state index in [4.69, 9.17) is 19.1 Å². The van der Waals surface area contributed by atoms with Gasteiger partial charge in [-0.15, -0.1) is 0 Å². The van der Waals surface area contributed by atoms with E-state index in [-0.39, 0.29) is 0 Å². The highest BCUT2D eigenvalue weighted by Gasteiger charge is 2.11. The molecule has 0 aliphatic carbocycles. The lowest BCUT2D eigenvalue weighted by atomic mass is 10.1. The Morgan fingerprint density at radius 1 is 1.00 bits per heavy atom. The second kappa shape index (κ2) is 5.81. The Balaban J connectivity index is 2.13. The molecule has 112 valence electrons. The Labute approximate surface area is 127 Å². The third kappa shape index (κ3) is 2.48. The van der Waals surface area contributed by atoms with Gasteiger partial charge < -0.3 is 19.1 Å². The lowest BCUT2D eigenvalue weighted by Crippen LogP contribution is -1.87. The normalized spacial score (nSPS) is 11.2. The van der Waals surface area contributed by atoms with Crippen LogP contribution in [0.25, 0.3) is 22.3 Å². The molecular weight excluding hydrogens is 282 g/mol. The maximum atomic E-state index is 8.80. The van der Waals surface area contributed by atoms with E-state index in [2.05, 4.69) is 5.16 Å². The minimum Gasteiger partial charge on any atom is -0.497 e. The molecule has 0 bridgehead atoms. The second-order valence-corrected chi connectivity index (χ2v) is 4.72. The number of oxime groups is 1. The standard InChI is InChI=1S/C17H15NO4/c1-20-14-5-3-11(4-6-14)16-9-12-7-15(21-2)8-13(10-18-19)17(12)22-16/h3-10,19H,1-2H3/b18-10+. The van der Waals surface area contributed by atoms with Crippen LogP contribution >= 0.6 is 0 Å². The van der Waals surface area contributed by atoms with Gasteiger partial charge in [-0.2, -0.15) is 0 Å². The first-order chi connectivity index (χ1) is 10.7. The van der Waals surface area contributed by atoms with Crippen molar-refractivity contribution in [2.24, 2.45) is 5.16 Å². The van der Waals surface area contributed by atoms with Crippen molar-refractivity contribution in [3.05, 3.63) is 48.0 Å². The largest absolute Gasteiger partial charge is 0.497 e. The van der Waals surface area contributed by atoms with Crippen LogP contribution in [0.3, 0.4) is 0 Å². The molecular formula is C17H15NO4. The van der Waals surface area contributed by atoms with Crippen LogP contribution in [0.15, 0.2) is 52.0 Å². The van der Waals surface area contributed by atoms with Gasteiger partial charge in [0.25, 0.3) is 0 Å². The SMILES string of the molecule is COc1ccc(-c2cc3cc(OC)cc(/C=N/O)c3o2)cc1. The summed E-state index contributed by atoms with van der Waals surface area (Å²) >= 11 is 0. The zero-order valence-electron chi connectivity index (χ0n) is 12.2. The average molecular weight is 297 g/mol. The fourth-order valence-corrected chi connectivity index (χ4v) is 2.33. The third-order valence-electron chi connectivity index (χ3n) is 3.43. The Morgan fingerprint density at radius 3 is 2.36 bits per heavy atom. The minimum absolute atomic E-state index is 0.643. The van der Waals surface area contributed by atoms with Gasteiger partial charge in [0.15, 0.2) is 0 Å². The quantitative estimate of drug-likeness (QED) is 0.450. The predicted molar refractivity (Wildman–Crippen MR) is 84.1 cm³/mol. The molecule has 0 aliphatic rings. The van der Waals surface area contributed by atoms with Crippen molar-refractivity contribution in [1.82, 2.24) is 0 Å². The Morgan fingerprint density at radius 2 is 1.73 bits per heavy atom. The molecule has 1 heterocycles. The van der Waals surface area contributed by atoms with Crippen molar-refractivity contribution >= 4 is 17.2 Å². The van der Waals surface area contributed by atoms with Crippen molar-refractivity contribution in [2.75, 3.05) is 14.2 Å². The summed E-state index contributed by atoms with van der Waals surface area (Å²) in [7, 11) is 3.22. The van der Waals surface area contributed by atoms with Crippen LogP contribution in [0.1, 0.15) is 5.56 Å². The molecule has 0 saturated heterocycles. The first-order valence-corrected chi connectivity index (χ1v) is 6.68. The highest BCUT2D eigenvalue weighted by atomic mass is 16.5. The molecule has 0 atom stereocenters. The van der Waals surface area contributed by atoms with Crippen molar-refractivity contribution in [3.63, 3.8) is 0 Å². The highest BCUT2D eigenvalue weighted by molar-refractivity contribution is 5.99. The topological polar surface area (TPSA) is 64.2 Å². The first-order valence-electron chi connectivity index (χ1n) is 6.68.